The van der Waals surface area contributed by atoms with E-state index in [0.717, 1.165) is 19.4 Å². The first-order valence-electron chi connectivity index (χ1n) is 8.05. The number of nitrogens with one attached hydrogen (secondary N) is 1. The van der Waals surface area contributed by atoms with Crippen LogP contribution in [0.25, 0.3) is 0 Å². The van der Waals surface area contributed by atoms with Crippen LogP contribution in [-0.2, 0) is 6.42 Å². The van der Waals surface area contributed by atoms with Crippen molar-refractivity contribution in [1.82, 2.24) is 5.32 Å². The highest BCUT2D eigenvalue weighted by molar-refractivity contribution is 5.41. The molecule has 2 aromatic rings. The van der Waals surface area contributed by atoms with Crippen LogP contribution >= 0.6 is 0 Å². The predicted molar refractivity (Wildman–Crippen MR) is 91.9 cm³/mol. The van der Waals surface area contributed by atoms with Gasteiger partial charge in [-0.25, -0.2) is 0 Å². The molecule has 1 atom stereocenters. The van der Waals surface area contributed by atoms with Crippen LogP contribution in [0.3, 0.4) is 0 Å². The van der Waals surface area contributed by atoms with Gasteiger partial charge in [0.25, 0.3) is 0 Å². The normalized spacial score (nSPS) is 12.4. The summed E-state index contributed by atoms with van der Waals surface area (Å²) in [5.74, 6) is 0. The van der Waals surface area contributed by atoms with Crippen LogP contribution in [0.4, 0.5) is 0 Å². The Bertz CT molecular complexity index is 586. The van der Waals surface area contributed by atoms with Crippen molar-refractivity contribution in [2.75, 3.05) is 6.54 Å². The molecule has 0 aliphatic heterocycles. The van der Waals surface area contributed by atoms with E-state index in [0.29, 0.717) is 0 Å². The third-order valence-electron chi connectivity index (χ3n) is 4.25. The van der Waals surface area contributed by atoms with Crippen LogP contribution in [0.5, 0.6) is 0 Å². The van der Waals surface area contributed by atoms with Gasteiger partial charge in [-0.3, -0.25) is 0 Å². The number of hydrogen-bond acceptors (Lipinski definition) is 1. The minimum Gasteiger partial charge on any atom is -0.306 e. The van der Waals surface area contributed by atoms with E-state index < -0.39 is 0 Å². The van der Waals surface area contributed by atoms with Crippen molar-refractivity contribution in [2.24, 2.45) is 0 Å². The zero-order valence-corrected chi connectivity index (χ0v) is 13.7. The quantitative estimate of drug-likeness (QED) is 0.789. The summed E-state index contributed by atoms with van der Waals surface area (Å²) in [7, 11) is 0. The molecule has 0 bridgehead atoms. The number of aryl methyl sites for hydroxylation is 2. The Morgan fingerprint density at radius 3 is 2.48 bits per heavy atom. The van der Waals surface area contributed by atoms with Crippen LogP contribution in [0.15, 0.2) is 42.5 Å². The average Bonchev–Trinajstić information content (AvgIpc) is 2.52. The van der Waals surface area contributed by atoms with Crippen LogP contribution in [0.1, 0.15) is 54.1 Å². The van der Waals surface area contributed by atoms with Gasteiger partial charge in [-0.1, -0.05) is 56.3 Å². The van der Waals surface area contributed by atoms with E-state index in [4.69, 9.17) is 0 Å². The average molecular weight is 281 g/mol. The summed E-state index contributed by atoms with van der Waals surface area (Å²) in [5.41, 5.74) is 6.93. The first-order chi connectivity index (χ1) is 10.2. The molecule has 2 rings (SSSR count). The standard InChI is InChI=1S/C20H27N/c1-5-13-21-20(18-11-8-10-17(6-2)14-18)19-12-7-9-15(3)16(19)4/h7-12,14,20-21H,5-6,13H2,1-4H3. The number of benzene rings is 2. The first-order valence-corrected chi connectivity index (χ1v) is 8.05. The van der Waals surface area contributed by atoms with Crippen molar-refractivity contribution in [3.8, 4) is 0 Å². The largest absolute Gasteiger partial charge is 0.306 e. The van der Waals surface area contributed by atoms with Crippen molar-refractivity contribution < 1.29 is 0 Å². The molecule has 21 heavy (non-hydrogen) atoms. The van der Waals surface area contributed by atoms with Crippen LogP contribution in [-0.4, -0.2) is 6.54 Å². The van der Waals surface area contributed by atoms with Gasteiger partial charge >= 0.3 is 0 Å². The predicted octanol–water partition coefficient (Wildman–Crippen LogP) is 4.95. The van der Waals surface area contributed by atoms with Crippen molar-refractivity contribution >= 4 is 0 Å². The van der Waals surface area contributed by atoms with Gasteiger partial charge in [-0.15, -0.1) is 0 Å². The van der Waals surface area contributed by atoms with Crippen molar-refractivity contribution in [1.29, 1.82) is 0 Å². The van der Waals surface area contributed by atoms with E-state index in [1.165, 1.54) is 27.8 Å². The summed E-state index contributed by atoms with van der Waals surface area (Å²) in [5, 5.41) is 3.72. The third kappa shape index (κ3) is 3.74. The number of hydrogen-bond donors (Lipinski definition) is 1. The lowest BCUT2D eigenvalue weighted by atomic mass is 9.91. The SMILES string of the molecule is CCCNC(c1cccc(CC)c1)c1cccc(C)c1C. The fraction of sp³-hybridized carbons (Fsp3) is 0.400. The van der Waals surface area contributed by atoms with Gasteiger partial charge in [0.15, 0.2) is 0 Å². The smallest absolute Gasteiger partial charge is 0.0579 e. The van der Waals surface area contributed by atoms with Gasteiger partial charge in [-0.2, -0.15) is 0 Å². The molecule has 0 heterocycles. The molecule has 1 heteroatoms. The van der Waals surface area contributed by atoms with E-state index in [-0.39, 0.29) is 6.04 Å². The topological polar surface area (TPSA) is 12.0 Å². The lowest BCUT2D eigenvalue weighted by Gasteiger charge is -2.23. The summed E-state index contributed by atoms with van der Waals surface area (Å²) < 4.78 is 0. The highest BCUT2D eigenvalue weighted by Crippen LogP contribution is 2.27. The van der Waals surface area contributed by atoms with Crippen molar-refractivity contribution in [3.05, 3.63) is 70.3 Å². The zero-order valence-electron chi connectivity index (χ0n) is 13.7. The molecule has 0 saturated heterocycles. The maximum absolute atomic E-state index is 3.72. The van der Waals surface area contributed by atoms with Gasteiger partial charge < -0.3 is 5.32 Å². The van der Waals surface area contributed by atoms with Gasteiger partial charge in [0.1, 0.15) is 0 Å². The molecule has 0 aliphatic rings. The summed E-state index contributed by atoms with van der Waals surface area (Å²) in [6, 6.07) is 15.9. The van der Waals surface area contributed by atoms with Gasteiger partial charge in [-0.05, 0) is 61.1 Å². The van der Waals surface area contributed by atoms with E-state index in [2.05, 4.69) is 75.5 Å². The van der Waals surface area contributed by atoms with Crippen LogP contribution in [0.2, 0.25) is 0 Å². The van der Waals surface area contributed by atoms with E-state index in [9.17, 15) is 0 Å². The summed E-state index contributed by atoms with van der Waals surface area (Å²) >= 11 is 0. The molecular formula is C20H27N. The Morgan fingerprint density at radius 1 is 1.00 bits per heavy atom. The highest BCUT2D eigenvalue weighted by Gasteiger charge is 2.16. The van der Waals surface area contributed by atoms with Crippen LogP contribution < -0.4 is 5.32 Å². The molecule has 0 spiro atoms. The van der Waals surface area contributed by atoms with Crippen molar-refractivity contribution in [3.63, 3.8) is 0 Å². The molecule has 1 unspecified atom stereocenters. The minimum atomic E-state index is 0.288. The lowest BCUT2D eigenvalue weighted by Crippen LogP contribution is -2.24. The molecule has 0 amide bonds. The van der Waals surface area contributed by atoms with Gasteiger partial charge in [0.05, 0.1) is 6.04 Å². The Hall–Kier alpha value is -1.60. The Labute approximate surface area is 129 Å². The van der Waals surface area contributed by atoms with E-state index in [1.807, 2.05) is 0 Å². The third-order valence-corrected chi connectivity index (χ3v) is 4.25. The molecule has 0 saturated carbocycles. The van der Waals surface area contributed by atoms with Gasteiger partial charge in [0.2, 0.25) is 0 Å². The minimum absolute atomic E-state index is 0.288. The lowest BCUT2D eigenvalue weighted by molar-refractivity contribution is 0.595. The molecule has 0 fully saturated rings. The fourth-order valence-corrected chi connectivity index (χ4v) is 2.78. The van der Waals surface area contributed by atoms with Crippen molar-refractivity contribution in [2.45, 2.75) is 46.6 Å². The summed E-state index contributed by atoms with van der Waals surface area (Å²) in [4.78, 5) is 0. The molecule has 1 nitrogen and oxygen atoms in total. The molecule has 0 aromatic heterocycles. The Kier molecular flexibility index (Phi) is 5.58. The Morgan fingerprint density at radius 2 is 1.76 bits per heavy atom. The monoisotopic (exact) mass is 281 g/mol. The van der Waals surface area contributed by atoms with E-state index >= 15 is 0 Å². The second-order valence-corrected chi connectivity index (χ2v) is 5.77. The maximum Gasteiger partial charge on any atom is 0.0579 e. The second kappa shape index (κ2) is 7.42. The molecule has 2 aromatic carbocycles. The number of rotatable bonds is 6. The molecule has 0 radical (unpaired) electrons. The maximum atomic E-state index is 3.72. The Balaban J connectivity index is 2.44. The highest BCUT2D eigenvalue weighted by atomic mass is 14.9. The van der Waals surface area contributed by atoms with E-state index in [1.54, 1.807) is 0 Å². The molecule has 1 N–H and O–H groups in total. The first kappa shape index (κ1) is 15.8. The summed E-state index contributed by atoms with van der Waals surface area (Å²) in [6.45, 7) is 9.89. The molecule has 0 aliphatic carbocycles. The summed E-state index contributed by atoms with van der Waals surface area (Å²) in [6.07, 6.45) is 2.23. The zero-order chi connectivity index (χ0) is 15.2. The fourth-order valence-electron chi connectivity index (χ4n) is 2.78. The molecular weight excluding hydrogens is 254 g/mol. The van der Waals surface area contributed by atoms with Crippen LogP contribution in [0, 0.1) is 13.8 Å². The second-order valence-electron chi connectivity index (χ2n) is 5.77. The van der Waals surface area contributed by atoms with Gasteiger partial charge in [0, 0.05) is 0 Å². The molecule has 112 valence electrons.